The molecule has 0 saturated carbocycles. The topological polar surface area (TPSA) is 83.8 Å². The van der Waals surface area contributed by atoms with Crippen LogP contribution < -0.4 is 11.1 Å². The number of amides is 1. The first-order valence-electron chi connectivity index (χ1n) is 4.15. The second-order valence-corrected chi connectivity index (χ2v) is 2.82. The van der Waals surface area contributed by atoms with Gasteiger partial charge in [0.1, 0.15) is 0 Å². The number of aryl methyl sites for hydroxylation is 1. The Balaban J connectivity index is 2.63. The number of carbonyl (C=O) groups excluding carboxylic acids is 1. The van der Waals surface area contributed by atoms with Crippen molar-refractivity contribution >= 4 is 11.7 Å². The van der Waals surface area contributed by atoms with Crippen molar-refractivity contribution < 1.29 is 4.79 Å². The summed E-state index contributed by atoms with van der Waals surface area (Å²) in [5.41, 5.74) is 7.07. The van der Waals surface area contributed by atoms with E-state index in [1.54, 1.807) is 0 Å². The fraction of sp³-hybridized carbons (Fsp3) is 0.333. The molecule has 0 fully saturated rings. The lowest BCUT2D eigenvalue weighted by molar-refractivity contribution is -0.118. The summed E-state index contributed by atoms with van der Waals surface area (Å²) in [6, 6.07) is 0. The molecule has 0 aliphatic heterocycles. The predicted octanol–water partition coefficient (Wildman–Crippen LogP) is -0.212. The Bertz CT molecular complexity index is 377. The van der Waals surface area contributed by atoms with Gasteiger partial charge in [0.05, 0.1) is 12.1 Å². The predicted molar refractivity (Wildman–Crippen MR) is 53.3 cm³/mol. The molecule has 0 aromatic carbocycles. The molecule has 1 aromatic rings. The van der Waals surface area contributed by atoms with Crippen LogP contribution in [0.4, 0.5) is 5.82 Å². The molecule has 14 heavy (non-hydrogen) atoms. The van der Waals surface area contributed by atoms with Crippen molar-refractivity contribution in [2.24, 2.45) is 0 Å². The highest BCUT2D eigenvalue weighted by molar-refractivity contribution is 5.73. The van der Waals surface area contributed by atoms with Crippen LogP contribution in [-0.4, -0.2) is 22.6 Å². The SMILES string of the molecule is CC(=O)NCC#Cc1c(N)n[nH]c1C. The Hall–Kier alpha value is -1.96. The fourth-order valence-electron chi connectivity index (χ4n) is 0.907. The number of nitrogens with zero attached hydrogens (tertiary/aromatic N) is 1. The van der Waals surface area contributed by atoms with Crippen molar-refractivity contribution in [2.45, 2.75) is 13.8 Å². The Kier molecular flexibility index (Phi) is 3.13. The van der Waals surface area contributed by atoms with Crippen LogP contribution in [0.1, 0.15) is 18.2 Å². The number of nitrogens with one attached hydrogen (secondary N) is 2. The van der Waals surface area contributed by atoms with Crippen molar-refractivity contribution in [3.8, 4) is 11.8 Å². The van der Waals surface area contributed by atoms with E-state index in [0.29, 0.717) is 17.9 Å². The quantitative estimate of drug-likeness (QED) is 0.538. The van der Waals surface area contributed by atoms with Crippen molar-refractivity contribution in [3.63, 3.8) is 0 Å². The molecule has 74 valence electrons. The van der Waals surface area contributed by atoms with E-state index in [9.17, 15) is 4.79 Å². The van der Waals surface area contributed by atoms with Crippen LogP contribution in [0.2, 0.25) is 0 Å². The molecule has 0 saturated heterocycles. The van der Waals surface area contributed by atoms with Gasteiger partial charge in [-0.15, -0.1) is 0 Å². The van der Waals surface area contributed by atoms with E-state index in [-0.39, 0.29) is 5.91 Å². The van der Waals surface area contributed by atoms with Gasteiger partial charge in [0, 0.05) is 12.6 Å². The molecule has 4 N–H and O–H groups in total. The summed E-state index contributed by atoms with van der Waals surface area (Å²) >= 11 is 0. The van der Waals surface area contributed by atoms with Crippen LogP contribution in [0.3, 0.4) is 0 Å². The van der Waals surface area contributed by atoms with E-state index in [1.165, 1.54) is 6.92 Å². The van der Waals surface area contributed by atoms with Crippen molar-refractivity contribution in [1.82, 2.24) is 15.5 Å². The third kappa shape index (κ3) is 2.52. The monoisotopic (exact) mass is 192 g/mol. The van der Waals surface area contributed by atoms with Crippen molar-refractivity contribution in [3.05, 3.63) is 11.3 Å². The van der Waals surface area contributed by atoms with Gasteiger partial charge in [0.2, 0.25) is 5.91 Å². The van der Waals surface area contributed by atoms with E-state index in [4.69, 9.17) is 5.73 Å². The standard InChI is InChI=1S/C9H12N4O/c1-6-8(9(10)13-12-6)4-3-5-11-7(2)14/h5H2,1-2H3,(H,11,14)(H3,10,12,13). The summed E-state index contributed by atoms with van der Waals surface area (Å²) in [6.07, 6.45) is 0. The van der Waals surface area contributed by atoms with Gasteiger partial charge in [0.15, 0.2) is 5.82 Å². The maximum absolute atomic E-state index is 10.5. The summed E-state index contributed by atoms with van der Waals surface area (Å²) in [6.45, 7) is 3.60. The normalized spacial score (nSPS) is 9.00. The molecule has 0 unspecified atom stereocenters. The molecule has 5 nitrogen and oxygen atoms in total. The number of nitrogen functional groups attached to an aromatic ring is 1. The molecule has 0 radical (unpaired) electrons. The van der Waals surface area contributed by atoms with Gasteiger partial charge in [-0.25, -0.2) is 0 Å². The van der Waals surface area contributed by atoms with Gasteiger partial charge in [-0.2, -0.15) is 5.10 Å². The summed E-state index contributed by atoms with van der Waals surface area (Å²) in [4.78, 5) is 10.5. The Morgan fingerprint density at radius 1 is 1.71 bits per heavy atom. The van der Waals surface area contributed by atoms with E-state index < -0.39 is 0 Å². The number of hydrogen-bond acceptors (Lipinski definition) is 3. The second-order valence-electron chi connectivity index (χ2n) is 2.82. The van der Waals surface area contributed by atoms with Crippen LogP contribution in [0.5, 0.6) is 0 Å². The average molecular weight is 192 g/mol. The highest BCUT2D eigenvalue weighted by Gasteiger charge is 2.02. The Morgan fingerprint density at radius 2 is 2.43 bits per heavy atom. The number of anilines is 1. The fourth-order valence-corrected chi connectivity index (χ4v) is 0.907. The van der Waals surface area contributed by atoms with E-state index in [1.807, 2.05) is 6.92 Å². The van der Waals surface area contributed by atoms with Crippen LogP contribution >= 0.6 is 0 Å². The highest BCUT2D eigenvalue weighted by Crippen LogP contribution is 2.09. The molecule has 1 amide bonds. The lowest BCUT2D eigenvalue weighted by Gasteiger charge is -1.91. The minimum atomic E-state index is -0.101. The van der Waals surface area contributed by atoms with Gasteiger partial charge in [0.25, 0.3) is 0 Å². The first-order chi connectivity index (χ1) is 6.61. The molecule has 0 aliphatic rings. The maximum Gasteiger partial charge on any atom is 0.217 e. The lowest BCUT2D eigenvalue weighted by atomic mass is 10.2. The number of rotatable bonds is 1. The highest BCUT2D eigenvalue weighted by atomic mass is 16.1. The Labute approximate surface area is 82.1 Å². The Morgan fingerprint density at radius 3 is 2.93 bits per heavy atom. The van der Waals surface area contributed by atoms with Crippen LogP contribution in [0, 0.1) is 18.8 Å². The summed E-state index contributed by atoms with van der Waals surface area (Å²) in [5.74, 6) is 5.90. The minimum Gasteiger partial charge on any atom is -0.381 e. The zero-order chi connectivity index (χ0) is 10.6. The molecule has 0 atom stereocenters. The number of nitrogens with two attached hydrogens (primary N) is 1. The van der Waals surface area contributed by atoms with Crippen LogP contribution in [-0.2, 0) is 4.79 Å². The molecule has 0 aliphatic carbocycles. The van der Waals surface area contributed by atoms with Crippen molar-refractivity contribution in [1.29, 1.82) is 0 Å². The van der Waals surface area contributed by atoms with E-state index in [2.05, 4.69) is 27.4 Å². The van der Waals surface area contributed by atoms with Gasteiger partial charge < -0.3 is 11.1 Å². The molecular formula is C9H12N4O. The van der Waals surface area contributed by atoms with Gasteiger partial charge in [-0.3, -0.25) is 9.89 Å². The molecule has 5 heteroatoms. The van der Waals surface area contributed by atoms with Gasteiger partial charge >= 0.3 is 0 Å². The van der Waals surface area contributed by atoms with Gasteiger partial charge in [-0.1, -0.05) is 11.8 Å². The third-order valence-corrected chi connectivity index (χ3v) is 1.61. The first-order valence-corrected chi connectivity index (χ1v) is 4.15. The molecule has 0 spiro atoms. The number of carbonyl (C=O) groups is 1. The molecule has 1 rings (SSSR count). The number of aromatic nitrogens is 2. The smallest absolute Gasteiger partial charge is 0.217 e. The molecule has 1 aromatic heterocycles. The number of H-pyrrole nitrogens is 1. The summed E-state index contributed by atoms with van der Waals surface area (Å²) < 4.78 is 0. The summed E-state index contributed by atoms with van der Waals surface area (Å²) in [7, 11) is 0. The zero-order valence-electron chi connectivity index (χ0n) is 8.14. The van der Waals surface area contributed by atoms with E-state index >= 15 is 0 Å². The number of hydrogen-bond donors (Lipinski definition) is 3. The third-order valence-electron chi connectivity index (χ3n) is 1.61. The van der Waals surface area contributed by atoms with Gasteiger partial charge in [-0.05, 0) is 6.92 Å². The van der Waals surface area contributed by atoms with E-state index in [0.717, 1.165) is 5.69 Å². The minimum absolute atomic E-state index is 0.101. The number of aromatic amines is 1. The molecular weight excluding hydrogens is 180 g/mol. The van der Waals surface area contributed by atoms with Crippen LogP contribution in [0.15, 0.2) is 0 Å². The first kappa shape index (κ1) is 10.1. The summed E-state index contributed by atoms with van der Waals surface area (Å²) in [5, 5.41) is 9.08. The largest absolute Gasteiger partial charge is 0.381 e. The zero-order valence-corrected chi connectivity index (χ0v) is 8.14. The molecule has 1 heterocycles. The average Bonchev–Trinajstić information content (AvgIpc) is 2.42. The maximum atomic E-state index is 10.5. The lowest BCUT2D eigenvalue weighted by Crippen LogP contribution is -2.19. The van der Waals surface area contributed by atoms with Crippen LogP contribution in [0.25, 0.3) is 0 Å². The second kappa shape index (κ2) is 4.33. The van der Waals surface area contributed by atoms with Crippen molar-refractivity contribution in [2.75, 3.05) is 12.3 Å². The molecule has 0 bridgehead atoms.